The maximum Gasteiger partial charge on any atom is 0.343 e. The zero-order chi connectivity index (χ0) is 23.0. The Bertz CT molecular complexity index is 1270. The number of carbonyl (C=O) groups excluding carboxylic acids is 2. The second kappa shape index (κ2) is 8.15. The third-order valence-electron chi connectivity index (χ3n) is 5.40. The number of rotatable bonds is 5. The second-order valence-corrected chi connectivity index (χ2v) is 7.66. The zero-order valence-corrected chi connectivity index (χ0v) is 17.5. The third kappa shape index (κ3) is 3.90. The van der Waals surface area contributed by atoms with Crippen LogP contribution in [-0.2, 0) is 4.79 Å². The third-order valence-corrected chi connectivity index (χ3v) is 5.40. The molecule has 0 aromatic heterocycles. The molecule has 0 saturated heterocycles. The minimum absolute atomic E-state index is 0.0469. The summed E-state index contributed by atoms with van der Waals surface area (Å²) in [5.74, 6) is -1.43. The molecule has 0 aliphatic heterocycles. The van der Waals surface area contributed by atoms with E-state index in [1.54, 1.807) is 37.3 Å². The van der Waals surface area contributed by atoms with E-state index in [0.717, 1.165) is 22.3 Å². The Kier molecular flexibility index (Phi) is 5.36. The van der Waals surface area contributed by atoms with Crippen LogP contribution in [0, 0.1) is 0 Å². The fraction of sp³-hybridized carbons (Fsp3) is 0.115. The molecule has 0 heterocycles. The largest absolute Gasteiger partial charge is 0.478 e. The van der Waals surface area contributed by atoms with Crippen molar-refractivity contribution in [1.82, 2.24) is 0 Å². The minimum atomic E-state index is -0.972. The van der Waals surface area contributed by atoms with Gasteiger partial charge in [-0.2, -0.15) is 0 Å². The van der Waals surface area contributed by atoms with Gasteiger partial charge in [-0.05, 0) is 77.7 Å². The molecule has 1 aliphatic rings. The number of ether oxygens (including phenoxy) is 2. The molecule has 0 saturated carbocycles. The summed E-state index contributed by atoms with van der Waals surface area (Å²) < 4.78 is 10.6. The highest BCUT2D eigenvalue weighted by Crippen LogP contribution is 2.45. The van der Waals surface area contributed by atoms with Gasteiger partial charge in [0.05, 0.1) is 11.1 Å². The van der Waals surface area contributed by atoms with Crippen molar-refractivity contribution in [3.63, 3.8) is 0 Å². The molecule has 6 nitrogen and oxygen atoms in total. The average molecular weight is 428 g/mol. The molecular formula is C26H20O6. The van der Waals surface area contributed by atoms with E-state index in [0.29, 0.717) is 17.1 Å². The van der Waals surface area contributed by atoms with E-state index in [1.165, 1.54) is 24.3 Å². The van der Waals surface area contributed by atoms with Crippen LogP contribution in [0.4, 0.5) is 0 Å². The highest BCUT2D eigenvalue weighted by atomic mass is 16.5. The Labute approximate surface area is 184 Å². The van der Waals surface area contributed by atoms with Crippen LogP contribution < -0.4 is 9.47 Å². The van der Waals surface area contributed by atoms with Crippen LogP contribution in [0.25, 0.3) is 11.1 Å². The number of hydrogen-bond donors (Lipinski definition) is 1. The summed E-state index contributed by atoms with van der Waals surface area (Å²) >= 11 is 0. The number of esters is 2. The van der Waals surface area contributed by atoms with Gasteiger partial charge in [-0.1, -0.05) is 25.6 Å². The first-order valence-electron chi connectivity index (χ1n) is 9.96. The van der Waals surface area contributed by atoms with Gasteiger partial charge in [-0.15, -0.1) is 0 Å². The smallest absolute Gasteiger partial charge is 0.343 e. The maximum atomic E-state index is 12.7. The van der Waals surface area contributed by atoms with Crippen molar-refractivity contribution in [3.05, 3.63) is 95.1 Å². The van der Waals surface area contributed by atoms with E-state index in [1.807, 2.05) is 13.0 Å². The lowest BCUT2D eigenvalue weighted by molar-refractivity contribution is -0.130. The molecule has 3 aromatic rings. The molecular weight excluding hydrogens is 408 g/mol. The topological polar surface area (TPSA) is 89.9 Å². The fourth-order valence-electron chi connectivity index (χ4n) is 3.70. The van der Waals surface area contributed by atoms with Gasteiger partial charge >= 0.3 is 17.9 Å². The van der Waals surface area contributed by atoms with Crippen molar-refractivity contribution < 1.29 is 29.0 Å². The average Bonchev–Trinajstić information content (AvgIpc) is 3.06. The van der Waals surface area contributed by atoms with Gasteiger partial charge in [0, 0.05) is 11.5 Å². The van der Waals surface area contributed by atoms with Crippen LogP contribution in [0.3, 0.4) is 0 Å². The number of aromatic carboxylic acids is 1. The van der Waals surface area contributed by atoms with Crippen molar-refractivity contribution in [1.29, 1.82) is 0 Å². The Hall–Kier alpha value is -4.19. The van der Waals surface area contributed by atoms with Crippen LogP contribution >= 0.6 is 0 Å². The molecule has 3 aromatic carbocycles. The first-order valence-corrected chi connectivity index (χ1v) is 9.96. The first-order chi connectivity index (χ1) is 15.2. The number of fused-ring (bicyclic) bond motifs is 3. The summed E-state index contributed by atoms with van der Waals surface area (Å²) in [4.78, 5) is 35.6. The molecule has 0 fully saturated rings. The molecule has 0 bridgehead atoms. The molecule has 4 rings (SSSR count). The number of carboxylic acids is 1. The van der Waals surface area contributed by atoms with Crippen LogP contribution in [0.2, 0.25) is 0 Å². The predicted molar refractivity (Wildman–Crippen MR) is 118 cm³/mol. The van der Waals surface area contributed by atoms with Gasteiger partial charge in [0.2, 0.25) is 0 Å². The van der Waals surface area contributed by atoms with Crippen molar-refractivity contribution in [2.24, 2.45) is 0 Å². The summed E-state index contributed by atoms with van der Waals surface area (Å²) in [6.45, 7) is 7.06. The lowest BCUT2D eigenvalue weighted by atomic mass is 9.97. The normalized spacial score (nSPS) is 13.6. The van der Waals surface area contributed by atoms with E-state index in [-0.39, 0.29) is 17.1 Å². The summed E-state index contributed by atoms with van der Waals surface area (Å²) in [5, 5.41) is 9.27. The summed E-state index contributed by atoms with van der Waals surface area (Å²) in [6.07, 6.45) is 0. The molecule has 0 amide bonds. The molecule has 160 valence electrons. The molecule has 1 aliphatic carbocycles. The number of carbonyl (C=O) groups is 3. The van der Waals surface area contributed by atoms with Gasteiger partial charge in [0.15, 0.2) is 0 Å². The van der Waals surface area contributed by atoms with E-state index >= 15 is 0 Å². The zero-order valence-electron chi connectivity index (χ0n) is 17.5. The van der Waals surface area contributed by atoms with Crippen molar-refractivity contribution in [2.45, 2.75) is 19.8 Å². The van der Waals surface area contributed by atoms with Gasteiger partial charge in [-0.25, -0.2) is 14.4 Å². The van der Waals surface area contributed by atoms with Crippen LogP contribution in [0.15, 0.2) is 72.8 Å². The van der Waals surface area contributed by atoms with E-state index in [9.17, 15) is 19.5 Å². The molecule has 1 unspecified atom stereocenters. The summed E-state index contributed by atoms with van der Waals surface area (Å²) in [5.41, 5.74) is 4.72. The Morgan fingerprint density at radius 1 is 0.812 bits per heavy atom. The number of benzene rings is 3. The highest BCUT2D eigenvalue weighted by molar-refractivity contribution is 5.94. The number of carboxylic acid groups (broad SMARTS) is 1. The van der Waals surface area contributed by atoms with Gasteiger partial charge in [0.25, 0.3) is 0 Å². The standard InChI is InChI=1S/C26H20O6/c1-14(2)25(29)31-18-6-8-19(9-7-18)32-26(30)17-5-11-21-20-10-4-16(24(27)28)12-22(20)15(3)23(21)13-17/h4-13,15H,1H2,2-3H3,(H,27,28). The van der Waals surface area contributed by atoms with E-state index in [4.69, 9.17) is 9.47 Å². The lowest BCUT2D eigenvalue weighted by Crippen LogP contribution is -2.10. The summed E-state index contributed by atoms with van der Waals surface area (Å²) in [7, 11) is 0. The predicted octanol–water partition coefficient (Wildman–Crippen LogP) is 5.22. The van der Waals surface area contributed by atoms with Crippen molar-refractivity contribution in [3.8, 4) is 22.6 Å². The lowest BCUT2D eigenvalue weighted by Gasteiger charge is -2.09. The van der Waals surface area contributed by atoms with Crippen molar-refractivity contribution >= 4 is 17.9 Å². The summed E-state index contributed by atoms with van der Waals surface area (Å²) in [6, 6.07) is 16.6. The maximum absolute atomic E-state index is 12.7. The van der Waals surface area contributed by atoms with E-state index in [2.05, 4.69) is 6.58 Å². The molecule has 1 N–H and O–H groups in total. The minimum Gasteiger partial charge on any atom is -0.478 e. The SMILES string of the molecule is C=C(C)C(=O)Oc1ccc(OC(=O)c2ccc3c(c2)C(C)c2cc(C(=O)O)ccc2-3)cc1. The van der Waals surface area contributed by atoms with Gasteiger partial charge in [0.1, 0.15) is 11.5 Å². The molecule has 6 heteroatoms. The Morgan fingerprint density at radius 3 is 1.84 bits per heavy atom. The van der Waals surface area contributed by atoms with E-state index < -0.39 is 17.9 Å². The van der Waals surface area contributed by atoms with Crippen LogP contribution in [0.5, 0.6) is 11.5 Å². The Morgan fingerprint density at radius 2 is 1.31 bits per heavy atom. The highest BCUT2D eigenvalue weighted by Gasteiger charge is 2.27. The second-order valence-electron chi connectivity index (χ2n) is 7.66. The molecule has 0 radical (unpaired) electrons. The first kappa shape index (κ1) is 21.1. The molecule has 0 spiro atoms. The van der Waals surface area contributed by atoms with Gasteiger partial charge < -0.3 is 14.6 Å². The van der Waals surface area contributed by atoms with Crippen LogP contribution in [-0.4, -0.2) is 23.0 Å². The quantitative estimate of drug-likeness (QED) is 0.341. The monoisotopic (exact) mass is 428 g/mol. The van der Waals surface area contributed by atoms with Crippen LogP contribution in [0.1, 0.15) is 51.6 Å². The molecule has 32 heavy (non-hydrogen) atoms. The van der Waals surface area contributed by atoms with Gasteiger partial charge in [-0.3, -0.25) is 0 Å². The fourth-order valence-corrected chi connectivity index (χ4v) is 3.70. The molecule has 1 atom stereocenters. The van der Waals surface area contributed by atoms with Crippen molar-refractivity contribution in [2.75, 3.05) is 0 Å². The number of hydrogen-bond acceptors (Lipinski definition) is 5. The Balaban J connectivity index is 1.52.